The van der Waals surface area contributed by atoms with Crippen molar-refractivity contribution in [2.75, 3.05) is 0 Å². The summed E-state index contributed by atoms with van der Waals surface area (Å²) < 4.78 is 2.35. The zero-order valence-corrected chi connectivity index (χ0v) is 25.2. The summed E-state index contributed by atoms with van der Waals surface area (Å²) in [6.07, 6.45) is 0. The number of benzene rings is 7. The van der Waals surface area contributed by atoms with E-state index in [0.717, 1.165) is 60.4 Å². The lowest BCUT2D eigenvalue weighted by Crippen LogP contribution is -2.00. The van der Waals surface area contributed by atoms with Crippen LogP contribution in [-0.4, -0.2) is 24.3 Å². The molecule has 5 nitrogen and oxygen atoms in total. The Kier molecular flexibility index (Phi) is 5.51. The minimum absolute atomic E-state index is 0.633. The number of hydrogen-bond acceptors (Lipinski definition) is 4. The van der Waals surface area contributed by atoms with Crippen LogP contribution in [0.1, 0.15) is 0 Å². The largest absolute Gasteiger partial charge is 0.291 e. The van der Waals surface area contributed by atoms with E-state index in [-0.39, 0.29) is 0 Å². The van der Waals surface area contributed by atoms with Crippen molar-refractivity contribution in [2.24, 2.45) is 0 Å². The number of fused-ring (bicyclic) bond motifs is 13. The highest BCUT2D eigenvalue weighted by Crippen LogP contribution is 2.40. The maximum Gasteiger partial charge on any atom is 0.164 e. The Hall–Kier alpha value is -6.46. The average Bonchev–Trinajstić information content (AvgIpc) is 3.57. The smallest absolute Gasteiger partial charge is 0.164 e. The highest BCUT2D eigenvalue weighted by atomic mass is 15.0. The molecule has 0 unspecified atom stereocenters. The fraction of sp³-hybridized carbons (Fsp3) is 0. The molecule has 0 atom stereocenters. The first-order chi connectivity index (χ1) is 23.3. The van der Waals surface area contributed by atoms with Gasteiger partial charge in [0.05, 0.1) is 16.6 Å². The SMILES string of the molecule is c1ccc(-c2nc(-c3ccccc3)nc(-c3ccc4c(c3)c3ccccc3n3c4nc4c5ccccc5c5ccccc5c43)n2)cc1. The topological polar surface area (TPSA) is 56.0 Å². The van der Waals surface area contributed by atoms with Crippen molar-refractivity contribution in [3.63, 3.8) is 0 Å². The summed E-state index contributed by atoms with van der Waals surface area (Å²) in [5.74, 6) is 1.93. The molecule has 0 N–H and O–H groups in total. The van der Waals surface area contributed by atoms with Gasteiger partial charge >= 0.3 is 0 Å². The molecule has 0 amide bonds. The Morgan fingerprint density at radius 1 is 0.340 bits per heavy atom. The van der Waals surface area contributed by atoms with E-state index in [0.29, 0.717) is 17.5 Å². The van der Waals surface area contributed by atoms with Gasteiger partial charge in [-0.1, -0.05) is 133 Å². The molecule has 0 radical (unpaired) electrons. The number of para-hydroxylation sites is 1. The molecule has 0 spiro atoms. The van der Waals surface area contributed by atoms with E-state index in [1.807, 2.05) is 60.7 Å². The van der Waals surface area contributed by atoms with Gasteiger partial charge in [-0.3, -0.25) is 4.40 Å². The summed E-state index contributed by atoms with van der Waals surface area (Å²) in [6, 6.07) is 52.6. The Labute approximate surface area is 269 Å². The molecule has 10 aromatic rings. The number of pyridine rings is 1. The van der Waals surface area contributed by atoms with Crippen LogP contribution in [0, 0.1) is 0 Å². The Morgan fingerprint density at radius 3 is 1.51 bits per heavy atom. The standard InChI is InChI=1S/C42H25N5/c1-3-13-26(14-4-1)39-44-40(27-15-5-2-6-16-27)46-41(45-39)28-23-24-34-35(25-28)31-19-11-12-22-36(31)47-38-33-21-10-8-18-30(33)29-17-7-9-20-32(29)37(38)43-42(34)47/h1-25H. The van der Waals surface area contributed by atoms with Crippen molar-refractivity contribution in [2.45, 2.75) is 0 Å². The minimum atomic E-state index is 0.633. The molecule has 0 bridgehead atoms. The predicted molar refractivity (Wildman–Crippen MR) is 192 cm³/mol. The van der Waals surface area contributed by atoms with E-state index >= 15 is 0 Å². The maximum absolute atomic E-state index is 5.40. The van der Waals surface area contributed by atoms with Crippen LogP contribution in [0.2, 0.25) is 0 Å². The van der Waals surface area contributed by atoms with Crippen LogP contribution < -0.4 is 0 Å². The molecule has 7 aromatic carbocycles. The summed E-state index contributed by atoms with van der Waals surface area (Å²) in [4.78, 5) is 20.3. The first-order valence-corrected chi connectivity index (χ1v) is 15.8. The van der Waals surface area contributed by atoms with E-state index in [1.54, 1.807) is 0 Å². The molecule has 5 heteroatoms. The van der Waals surface area contributed by atoms with Crippen molar-refractivity contribution in [1.29, 1.82) is 0 Å². The van der Waals surface area contributed by atoms with Crippen molar-refractivity contribution in [3.8, 4) is 34.2 Å². The number of nitrogens with zero attached hydrogens (tertiary/aromatic N) is 5. The van der Waals surface area contributed by atoms with Gasteiger partial charge in [0.15, 0.2) is 17.5 Å². The first kappa shape index (κ1) is 25.8. The van der Waals surface area contributed by atoms with Crippen molar-refractivity contribution in [1.82, 2.24) is 24.3 Å². The molecule has 3 heterocycles. The van der Waals surface area contributed by atoms with E-state index < -0.39 is 0 Å². The number of hydrogen-bond donors (Lipinski definition) is 0. The molecule has 10 rings (SSSR count). The van der Waals surface area contributed by atoms with Crippen molar-refractivity contribution in [3.05, 3.63) is 152 Å². The molecule has 218 valence electrons. The molecule has 0 aliphatic heterocycles. The van der Waals surface area contributed by atoms with Gasteiger partial charge in [-0.15, -0.1) is 0 Å². The lowest BCUT2D eigenvalue weighted by atomic mass is 9.99. The lowest BCUT2D eigenvalue weighted by Gasteiger charge is -2.12. The zero-order valence-electron chi connectivity index (χ0n) is 25.2. The molecule has 0 aliphatic rings. The molecule has 47 heavy (non-hydrogen) atoms. The van der Waals surface area contributed by atoms with E-state index in [1.165, 1.54) is 16.2 Å². The van der Waals surface area contributed by atoms with E-state index in [4.69, 9.17) is 19.9 Å². The van der Waals surface area contributed by atoms with E-state index in [2.05, 4.69) is 95.4 Å². The Morgan fingerprint density at radius 2 is 0.851 bits per heavy atom. The van der Waals surface area contributed by atoms with Crippen LogP contribution in [0.25, 0.3) is 94.1 Å². The Balaban J connectivity index is 1.29. The summed E-state index contributed by atoms with van der Waals surface area (Å²) in [5, 5.41) is 8.14. The van der Waals surface area contributed by atoms with Crippen LogP contribution in [0.4, 0.5) is 0 Å². The number of aromatic nitrogens is 5. The van der Waals surface area contributed by atoms with Crippen molar-refractivity contribution < 1.29 is 0 Å². The van der Waals surface area contributed by atoms with Crippen LogP contribution in [0.3, 0.4) is 0 Å². The highest BCUT2D eigenvalue weighted by Gasteiger charge is 2.20. The van der Waals surface area contributed by atoms with E-state index in [9.17, 15) is 0 Å². The number of rotatable bonds is 3. The fourth-order valence-electron chi connectivity index (χ4n) is 7.06. The van der Waals surface area contributed by atoms with Gasteiger partial charge in [0.1, 0.15) is 5.65 Å². The average molecular weight is 600 g/mol. The molecule has 0 fully saturated rings. The molecular weight excluding hydrogens is 574 g/mol. The van der Waals surface area contributed by atoms with Crippen LogP contribution in [-0.2, 0) is 0 Å². The second kappa shape index (κ2) is 10.0. The summed E-state index contributed by atoms with van der Waals surface area (Å²) in [6.45, 7) is 0. The quantitative estimate of drug-likeness (QED) is 0.190. The molecule has 0 aliphatic carbocycles. The summed E-state index contributed by atoms with van der Waals surface area (Å²) in [7, 11) is 0. The van der Waals surface area contributed by atoms with Gasteiger partial charge < -0.3 is 0 Å². The summed E-state index contributed by atoms with van der Waals surface area (Å²) in [5.41, 5.74) is 7.02. The van der Waals surface area contributed by atoms with Gasteiger partial charge in [-0.25, -0.2) is 19.9 Å². The first-order valence-electron chi connectivity index (χ1n) is 15.8. The minimum Gasteiger partial charge on any atom is -0.291 e. The molecule has 3 aromatic heterocycles. The lowest BCUT2D eigenvalue weighted by molar-refractivity contribution is 1.07. The van der Waals surface area contributed by atoms with Gasteiger partial charge in [0.2, 0.25) is 0 Å². The third kappa shape index (κ3) is 3.90. The third-order valence-corrected chi connectivity index (χ3v) is 9.19. The highest BCUT2D eigenvalue weighted by molar-refractivity contribution is 6.26. The van der Waals surface area contributed by atoms with Gasteiger partial charge in [0.25, 0.3) is 0 Å². The molecular formula is C42H25N5. The Bertz CT molecular complexity index is 2780. The maximum atomic E-state index is 5.40. The van der Waals surface area contributed by atoms with Crippen LogP contribution >= 0.6 is 0 Å². The second-order valence-electron chi connectivity index (χ2n) is 11.9. The van der Waals surface area contributed by atoms with Crippen molar-refractivity contribution >= 4 is 59.9 Å². The normalized spacial score (nSPS) is 11.8. The van der Waals surface area contributed by atoms with Crippen LogP contribution in [0.15, 0.2) is 152 Å². The fourth-order valence-corrected chi connectivity index (χ4v) is 7.06. The van der Waals surface area contributed by atoms with Crippen LogP contribution in [0.5, 0.6) is 0 Å². The summed E-state index contributed by atoms with van der Waals surface area (Å²) >= 11 is 0. The number of imidazole rings is 1. The van der Waals surface area contributed by atoms with Gasteiger partial charge in [-0.2, -0.15) is 0 Å². The second-order valence-corrected chi connectivity index (χ2v) is 11.9. The zero-order chi connectivity index (χ0) is 30.9. The van der Waals surface area contributed by atoms with Gasteiger partial charge in [-0.05, 0) is 34.4 Å². The third-order valence-electron chi connectivity index (χ3n) is 9.19. The molecule has 0 saturated heterocycles. The predicted octanol–water partition coefficient (Wildman–Crippen LogP) is 10.3. The van der Waals surface area contributed by atoms with Gasteiger partial charge in [0, 0.05) is 38.2 Å². The molecule has 0 saturated carbocycles. The monoisotopic (exact) mass is 599 g/mol.